The van der Waals surface area contributed by atoms with Crippen molar-refractivity contribution in [1.29, 1.82) is 0 Å². The van der Waals surface area contributed by atoms with Crippen LogP contribution in [0.15, 0.2) is 17.5 Å². The minimum absolute atomic E-state index is 0.00139. The van der Waals surface area contributed by atoms with E-state index in [9.17, 15) is 4.79 Å². The first-order valence-electron chi connectivity index (χ1n) is 4.96. The zero-order valence-corrected chi connectivity index (χ0v) is 9.96. The van der Waals surface area contributed by atoms with Crippen LogP contribution in [0.25, 0.3) is 0 Å². The van der Waals surface area contributed by atoms with Crippen molar-refractivity contribution in [3.8, 4) is 0 Å². The Bertz CT molecular complexity index is 298. The molecule has 0 aromatic carbocycles. The summed E-state index contributed by atoms with van der Waals surface area (Å²) in [6.07, 6.45) is 2.57. The zero-order valence-electron chi connectivity index (χ0n) is 9.14. The Kier molecular flexibility index (Phi) is 4.78. The molecule has 0 spiro atoms. The van der Waals surface area contributed by atoms with E-state index in [4.69, 9.17) is 5.73 Å². The van der Waals surface area contributed by atoms with E-state index in [0.717, 1.165) is 4.88 Å². The van der Waals surface area contributed by atoms with Crippen LogP contribution in [0, 0.1) is 6.42 Å². The molecule has 0 fully saturated rings. The third-order valence-electron chi connectivity index (χ3n) is 2.15. The van der Waals surface area contributed by atoms with Gasteiger partial charge < -0.3 is 10.6 Å². The number of nitrogens with zero attached hydrogens (tertiary/aromatic N) is 1. The molecule has 0 aliphatic carbocycles. The maximum Gasteiger partial charge on any atom is 0.239 e. The van der Waals surface area contributed by atoms with Crippen LogP contribution in [0.5, 0.6) is 0 Å². The summed E-state index contributed by atoms with van der Waals surface area (Å²) in [6, 6.07) is 3.55. The van der Waals surface area contributed by atoms with Crippen molar-refractivity contribution in [2.45, 2.75) is 19.4 Å². The molecular weight excluding hydrogens is 208 g/mol. The van der Waals surface area contributed by atoms with Gasteiger partial charge in [0.05, 0.1) is 6.04 Å². The first-order valence-corrected chi connectivity index (χ1v) is 5.84. The number of hydrogen-bond donors (Lipinski definition) is 1. The summed E-state index contributed by atoms with van der Waals surface area (Å²) < 4.78 is 0. The molecule has 0 aliphatic rings. The summed E-state index contributed by atoms with van der Waals surface area (Å²) in [6.45, 7) is 2.57. The van der Waals surface area contributed by atoms with E-state index in [-0.39, 0.29) is 5.91 Å². The highest BCUT2D eigenvalue weighted by Gasteiger charge is 2.17. The van der Waals surface area contributed by atoms with Gasteiger partial charge in [-0.3, -0.25) is 4.79 Å². The molecule has 0 aliphatic heterocycles. The second-order valence-corrected chi connectivity index (χ2v) is 4.55. The van der Waals surface area contributed by atoms with Crippen LogP contribution < -0.4 is 5.73 Å². The smallest absolute Gasteiger partial charge is 0.239 e. The second kappa shape index (κ2) is 5.88. The first kappa shape index (κ1) is 12.2. The normalized spacial score (nSPS) is 12.5. The molecule has 1 heterocycles. The number of carbonyl (C=O) groups excluding carboxylic acids is 1. The molecule has 4 heteroatoms. The van der Waals surface area contributed by atoms with Crippen molar-refractivity contribution in [2.24, 2.45) is 5.73 Å². The lowest BCUT2D eigenvalue weighted by Crippen LogP contribution is -2.43. The monoisotopic (exact) mass is 225 g/mol. The van der Waals surface area contributed by atoms with Crippen molar-refractivity contribution in [3.05, 3.63) is 28.8 Å². The first-order chi connectivity index (χ1) is 7.15. The molecule has 0 saturated heterocycles. The third kappa shape index (κ3) is 3.64. The number of likely N-dealkylation sites (N-methyl/N-ethyl adjacent to an activating group) is 1. The van der Waals surface area contributed by atoms with Gasteiger partial charge in [0.1, 0.15) is 0 Å². The van der Waals surface area contributed by atoms with Crippen LogP contribution >= 0.6 is 11.3 Å². The third-order valence-corrected chi connectivity index (χ3v) is 3.05. The summed E-state index contributed by atoms with van der Waals surface area (Å²) in [4.78, 5) is 14.6. The predicted molar refractivity (Wildman–Crippen MR) is 63.6 cm³/mol. The molecule has 15 heavy (non-hydrogen) atoms. The van der Waals surface area contributed by atoms with E-state index < -0.39 is 6.04 Å². The summed E-state index contributed by atoms with van der Waals surface area (Å²) in [7, 11) is 1.77. The van der Waals surface area contributed by atoms with Gasteiger partial charge in [-0.05, 0) is 17.9 Å². The molecule has 1 amide bonds. The molecule has 1 atom stereocenters. The molecule has 0 unspecified atom stereocenters. The molecule has 1 aromatic rings. The van der Waals surface area contributed by atoms with E-state index in [1.807, 2.05) is 30.9 Å². The van der Waals surface area contributed by atoms with Gasteiger partial charge in [0.25, 0.3) is 0 Å². The van der Waals surface area contributed by atoms with Crippen molar-refractivity contribution in [3.63, 3.8) is 0 Å². The van der Waals surface area contributed by atoms with Gasteiger partial charge in [0.15, 0.2) is 0 Å². The Morgan fingerprint density at radius 2 is 2.47 bits per heavy atom. The van der Waals surface area contributed by atoms with Crippen LogP contribution in [0.2, 0.25) is 0 Å². The highest BCUT2D eigenvalue weighted by molar-refractivity contribution is 7.09. The Labute approximate surface area is 94.9 Å². The van der Waals surface area contributed by atoms with Gasteiger partial charge in [0.2, 0.25) is 5.91 Å². The van der Waals surface area contributed by atoms with Crippen molar-refractivity contribution < 1.29 is 4.79 Å². The van der Waals surface area contributed by atoms with Crippen LogP contribution in [0.3, 0.4) is 0 Å². The fourth-order valence-electron chi connectivity index (χ4n) is 1.38. The minimum Gasteiger partial charge on any atom is -0.344 e. The van der Waals surface area contributed by atoms with Gasteiger partial charge in [-0.2, -0.15) is 0 Å². The highest BCUT2D eigenvalue weighted by Crippen LogP contribution is 2.11. The average molecular weight is 225 g/mol. The van der Waals surface area contributed by atoms with Crippen LogP contribution in [0.1, 0.15) is 11.8 Å². The number of thiophene rings is 1. The van der Waals surface area contributed by atoms with Crippen molar-refractivity contribution >= 4 is 17.2 Å². The molecular formula is C11H17N2OS. The van der Waals surface area contributed by atoms with Crippen molar-refractivity contribution in [2.75, 3.05) is 13.6 Å². The van der Waals surface area contributed by atoms with E-state index in [1.54, 1.807) is 23.3 Å². The number of hydrogen-bond acceptors (Lipinski definition) is 3. The maximum atomic E-state index is 11.7. The van der Waals surface area contributed by atoms with E-state index >= 15 is 0 Å². The number of carbonyl (C=O) groups is 1. The highest BCUT2D eigenvalue weighted by atomic mass is 32.1. The number of rotatable bonds is 5. The lowest BCUT2D eigenvalue weighted by molar-refractivity contribution is -0.130. The molecule has 1 rings (SSSR count). The lowest BCUT2D eigenvalue weighted by atomic mass is 10.1. The summed E-state index contributed by atoms with van der Waals surface area (Å²) in [5.74, 6) is 0.00139. The van der Waals surface area contributed by atoms with Crippen molar-refractivity contribution in [1.82, 2.24) is 4.90 Å². The lowest BCUT2D eigenvalue weighted by Gasteiger charge is -2.20. The SMILES string of the molecule is C[CH]CN(C)C(=O)[C@@H](N)Cc1cccs1. The molecule has 0 bridgehead atoms. The molecule has 1 radical (unpaired) electrons. The molecule has 3 nitrogen and oxygen atoms in total. The topological polar surface area (TPSA) is 46.3 Å². The van der Waals surface area contributed by atoms with Crippen LogP contribution in [-0.2, 0) is 11.2 Å². The van der Waals surface area contributed by atoms with Gasteiger partial charge in [-0.25, -0.2) is 0 Å². The Morgan fingerprint density at radius 1 is 1.73 bits per heavy atom. The Hall–Kier alpha value is -0.870. The maximum absolute atomic E-state index is 11.7. The van der Waals surface area contributed by atoms with Gasteiger partial charge in [0, 0.05) is 24.9 Å². The van der Waals surface area contributed by atoms with Crippen LogP contribution in [0.4, 0.5) is 0 Å². The fraction of sp³-hybridized carbons (Fsp3) is 0.455. The molecule has 83 valence electrons. The van der Waals surface area contributed by atoms with E-state index in [2.05, 4.69) is 0 Å². The Morgan fingerprint density at radius 3 is 3.00 bits per heavy atom. The van der Waals surface area contributed by atoms with Crippen LogP contribution in [-0.4, -0.2) is 30.4 Å². The summed E-state index contributed by atoms with van der Waals surface area (Å²) >= 11 is 1.64. The van der Waals surface area contributed by atoms with Gasteiger partial charge >= 0.3 is 0 Å². The molecule has 0 saturated carbocycles. The second-order valence-electron chi connectivity index (χ2n) is 3.52. The average Bonchev–Trinajstić information content (AvgIpc) is 2.69. The summed E-state index contributed by atoms with van der Waals surface area (Å²) in [5, 5.41) is 2.00. The molecule has 2 N–H and O–H groups in total. The van der Waals surface area contributed by atoms with E-state index in [1.165, 1.54) is 0 Å². The standard InChI is InChI=1S/C11H17N2OS/c1-3-6-13(2)11(14)10(12)8-9-5-4-7-15-9/h3-5,7,10H,6,8,12H2,1-2H3/t10-/m0/s1. The zero-order chi connectivity index (χ0) is 11.3. The Balaban J connectivity index is 2.46. The largest absolute Gasteiger partial charge is 0.344 e. The minimum atomic E-state index is -0.423. The van der Waals surface area contributed by atoms with Gasteiger partial charge in [-0.1, -0.05) is 13.0 Å². The number of amides is 1. The summed E-state index contributed by atoms with van der Waals surface area (Å²) in [5.41, 5.74) is 5.84. The fourth-order valence-corrected chi connectivity index (χ4v) is 2.14. The van der Waals surface area contributed by atoms with Gasteiger partial charge in [-0.15, -0.1) is 11.3 Å². The quantitative estimate of drug-likeness (QED) is 0.821. The predicted octanol–water partition coefficient (Wildman–Crippen LogP) is 1.30. The number of nitrogens with two attached hydrogens (primary N) is 1. The van der Waals surface area contributed by atoms with E-state index in [0.29, 0.717) is 13.0 Å². The molecule has 1 aromatic heterocycles.